The van der Waals surface area contributed by atoms with Crippen LogP contribution in [0.1, 0.15) is 6.42 Å². The first-order chi connectivity index (χ1) is 9.15. The minimum atomic E-state index is -0.473. The van der Waals surface area contributed by atoms with E-state index in [1.807, 2.05) is 0 Å². The number of hydrogen-bond acceptors (Lipinski definition) is 5. The molecule has 1 rings (SSSR count). The molecule has 1 aromatic rings. The average molecular weight is 334 g/mol. The lowest BCUT2D eigenvalue weighted by Crippen LogP contribution is -2.09. The van der Waals surface area contributed by atoms with E-state index in [1.54, 1.807) is 19.2 Å². The van der Waals surface area contributed by atoms with Crippen molar-refractivity contribution >= 4 is 21.6 Å². The van der Waals surface area contributed by atoms with Crippen molar-refractivity contribution in [3.05, 3.63) is 32.8 Å². The Bertz CT molecular complexity index is 413. The number of ether oxygens (including phenoxy) is 3. The van der Waals surface area contributed by atoms with Gasteiger partial charge < -0.3 is 14.2 Å². The third-order valence-corrected chi connectivity index (χ3v) is 2.73. The van der Waals surface area contributed by atoms with Crippen LogP contribution >= 0.6 is 15.9 Å². The summed E-state index contributed by atoms with van der Waals surface area (Å²) in [5.74, 6) is 0.244. The quantitative estimate of drug-likeness (QED) is 0.394. The Morgan fingerprint density at radius 3 is 2.74 bits per heavy atom. The molecule has 0 N–H and O–H groups in total. The van der Waals surface area contributed by atoms with Crippen molar-refractivity contribution in [2.45, 2.75) is 6.42 Å². The highest BCUT2D eigenvalue weighted by Crippen LogP contribution is 2.29. The largest absolute Gasteiger partial charge is 0.484 e. The van der Waals surface area contributed by atoms with Crippen LogP contribution in [0, 0.1) is 10.1 Å². The molecular formula is C12H16BrNO5. The van der Waals surface area contributed by atoms with Crippen LogP contribution in [0.2, 0.25) is 0 Å². The van der Waals surface area contributed by atoms with Gasteiger partial charge in [-0.3, -0.25) is 10.1 Å². The number of rotatable bonds is 9. The van der Waals surface area contributed by atoms with Gasteiger partial charge in [-0.2, -0.15) is 0 Å². The fourth-order valence-electron chi connectivity index (χ4n) is 1.37. The van der Waals surface area contributed by atoms with Crippen molar-refractivity contribution < 1.29 is 19.1 Å². The first-order valence-corrected chi connectivity index (χ1v) is 6.58. The summed E-state index contributed by atoms with van der Waals surface area (Å²) in [4.78, 5) is 10.4. The molecule has 0 spiro atoms. The van der Waals surface area contributed by atoms with Gasteiger partial charge in [0.25, 0.3) is 0 Å². The van der Waals surface area contributed by atoms with Crippen LogP contribution in [0.4, 0.5) is 5.69 Å². The van der Waals surface area contributed by atoms with Crippen LogP contribution in [0.3, 0.4) is 0 Å². The van der Waals surface area contributed by atoms with Crippen LogP contribution in [-0.4, -0.2) is 38.5 Å². The summed E-state index contributed by atoms with van der Waals surface area (Å²) in [7, 11) is 1.63. The molecule has 7 heteroatoms. The van der Waals surface area contributed by atoms with Gasteiger partial charge in [0.2, 0.25) is 0 Å². The Morgan fingerprint density at radius 1 is 1.26 bits per heavy atom. The van der Waals surface area contributed by atoms with Crippen molar-refractivity contribution in [1.29, 1.82) is 0 Å². The molecule has 0 aliphatic carbocycles. The Labute approximate surface area is 119 Å². The number of nitrogens with zero attached hydrogens (tertiary/aromatic N) is 1. The van der Waals surface area contributed by atoms with Crippen molar-refractivity contribution in [1.82, 2.24) is 0 Å². The monoisotopic (exact) mass is 333 g/mol. The molecule has 0 aliphatic heterocycles. The van der Waals surface area contributed by atoms with Crippen LogP contribution in [0.25, 0.3) is 0 Å². The Hall–Kier alpha value is -1.18. The van der Waals surface area contributed by atoms with Gasteiger partial charge in [0.1, 0.15) is 6.61 Å². The Balaban J connectivity index is 2.35. The number of halogens is 1. The summed E-state index contributed by atoms with van der Waals surface area (Å²) in [5.41, 5.74) is -0.0613. The average Bonchev–Trinajstić information content (AvgIpc) is 2.39. The van der Waals surface area contributed by atoms with E-state index < -0.39 is 4.92 Å². The highest BCUT2D eigenvalue weighted by Gasteiger charge is 2.15. The summed E-state index contributed by atoms with van der Waals surface area (Å²) in [6, 6.07) is 4.67. The first-order valence-electron chi connectivity index (χ1n) is 5.78. The van der Waals surface area contributed by atoms with E-state index in [2.05, 4.69) is 15.9 Å². The molecule has 0 amide bonds. The van der Waals surface area contributed by atoms with Gasteiger partial charge in [-0.05, 0) is 18.6 Å². The molecule has 0 saturated heterocycles. The lowest BCUT2D eigenvalue weighted by Gasteiger charge is -2.07. The second-order valence-electron chi connectivity index (χ2n) is 3.68. The molecule has 106 valence electrons. The first kappa shape index (κ1) is 15.9. The molecule has 0 aliphatic rings. The number of nitro groups is 1. The Kier molecular flexibility index (Phi) is 7.39. The summed E-state index contributed by atoms with van der Waals surface area (Å²) in [5, 5.41) is 10.8. The van der Waals surface area contributed by atoms with Gasteiger partial charge in [0, 0.05) is 30.9 Å². The zero-order chi connectivity index (χ0) is 14.1. The van der Waals surface area contributed by atoms with E-state index in [0.717, 1.165) is 6.42 Å². The molecule has 0 heterocycles. The van der Waals surface area contributed by atoms with E-state index in [1.165, 1.54) is 6.07 Å². The second-order valence-corrected chi connectivity index (χ2v) is 4.59. The van der Waals surface area contributed by atoms with E-state index in [4.69, 9.17) is 14.2 Å². The zero-order valence-electron chi connectivity index (χ0n) is 10.6. The molecule has 0 fully saturated rings. The molecule has 0 unspecified atom stereocenters. The van der Waals surface area contributed by atoms with Crippen LogP contribution in [0.5, 0.6) is 5.75 Å². The second kappa shape index (κ2) is 8.84. The summed E-state index contributed by atoms with van der Waals surface area (Å²) < 4.78 is 16.2. The molecular weight excluding hydrogens is 318 g/mol. The van der Waals surface area contributed by atoms with Crippen LogP contribution < -0.4 is 4.74 Å². The third kappa shape index (κ3) is 6.00. The zero-order valence-corrected chi connectivity index (χ0v) is 12.2. The lowest BCUT2D eigenvalue weighted by atomic mass is 10.3. The van der Waals surface area contributed by atoms with E-state index in [0.29, 0.717) is 24.3 Å². The number of methoxy groups -OCH3 is 1. The van der Waals surface area contributed by atoms with Gasteiger partial charge in [-0.25, -0.2) is 0 Å². The van der Waals surface area contributed by atoms with Crippen LogP contribution in [-0.2, 0) is 9.47 Å². The standard InChI is InChI=1S/C12H16BrNO5/c1-17-5-2-6-18-7-8-19-12-4-3-10(13)9-11(12)14(15)16/h3-4,9H,2,5-8H2,1H3. The van der Waals surface area contributed by atoms with E-state index in [-0.39, 0.29) is 18.0 Å². The summed E-state index contributed by atoms with van der Waals surface area (Å²) >= 11 is 3.19. The summed E-state index contributed by atoms with van der Waals surface area (Å²) in [6.07, 6.45) is 0.814. The third-order valence-electron chi connectivity index (χ3n) is 2.24. The lowest BCUT2D eigenvalue weighted by molar-refractivity contribution is -0.386. The van der Waals surface area contributed by atoms with Gasteiger partial charge in [-0.1, -0.05) is 15.9 Å². The summed E-state index contributed by atoms with van der Waals surface area (Å²) in [6.45, 7) is 1.89. The minimum absolute atomic E-state index is 0.0613. The van der Waals surface area contributed by atoms with E-state index >= 15 is 0 Å². The molecule has 0 saturated carbocycles. The maximum atomic E-state index is 10.8. The fourth-order valence-corrected chi connectivity index (χ4v) is 1.72. The molecule has 6 nitrogen and oxygen atoms in total. The highest BCUT2D eigenvalue weighted by atomic mass is 79.9. The predicted octanol–water partition coefficient (Wildman–Crippen LogP) is 2.79. The van der Waals surface area contributed by atoms with Gasteiger partial charge in [0.15, 0.2) is 5.75 Å². The van der Waals surface area contributed by atoms with Crippen molar-refractivity contribution in [2.75, 3.05) is 33.5 Å². The van der Waals surface area contributed by atoms with Crippen molar-refractivity contribution in [3.8, 4) is 5.75 Å². The van der Waals surface area contributed by atoms with Gasteiger partial charge in [0.05, 0.1) is 11.5 Å². The fraction of sp³-hybridized carbons (Fsp3) is 0.500. The molecule has 0 atom stereocenters. The smallest absolute Gasteiger partial charge is 0.312 e. The maximum Gasteiger partial charge on any atom is 0.312 e. The topological polar surface area (TPSA) is 70.8 Å². The predicted molar refractivity (Wildman–Crippen MR) is 73.6 cm³/mol. The van der Waals surface area contributed by atoms with Crippen LogP contribution in [0.15, 0.2) is 22.7 Å². The number of benzene rings is 1. The van der Waals surface area contributed by atoms with Gasteiger partial charge in [-0.15, -0.1) is 0 Å². The SMILES string of the molecule is COCCCOCCOc1ccc(Br)cc1[N+](=O)[O-]. The highest BCUT2D eigenvalue weighted by molar-refractivity contribution is 9.10. The minimum Gasteiger partial charge on any atom is -0.484 e. The number of hydrogen-bond donors (Lipinski definition) is 0. The van der Waals surface area contributed by atoms with Gasteiger partial charge >= 0.3 is 5.69 Å². The van der Waals surface area contributed by atoms with Crippen molar-refractivity contribution in [3.63, 3.8) is 0 Å². The van der Waals surface area contributed by atoms with E-state index in [9.17, 15) is 10.1 Å². The number of nitro benzene ring substituents is 1. The molecule has 0 aromatic heterocycles. The van der Waals surface area contributed by atoms with Crippen molar-refractivity contribution in [2.24, 2.45) is 0 Å². The normalized spacial score (nSPS) is 10.4. The molecule has 19 heavy (non-hydrogen) atoms. The Morgan fingerprint density at radius 2 is 2.05 bits per heavy atom. The molecule has 1 aromatic carbocycles. The molecule has 0 radical (unpaired) electrons. The molecule has 0 bridgehead atoms. The maximum absolute atomic E-state index is 10.8.